The Morgan fingerprint density at radius 2 is 2.07 bits per heavy atom. The van der Waals surface area contributed by atoms with Crippen LogP contribution in [0.25, 0.3) is 10.9 Å². The molecule has 2 fully saturated rings. The third-order valence-corrected chi connectivity index (χ3v) is 5.05. The van der Waals surface area contributed by atoms with Crippen LogP contribution in [-0.4, -0.2) is 43.3 Å². The summed E-state index contributed by atoms with van der Waals surface area (Å²) in [7, 11) is 0. The molecule has 0 atom stereocenters. The molecule has 7 heteroatoms. The Hall–Kier alpha value is -2.67. The summed E-state index contributed by atoms with van der Waals surface area (Å²) in [6, 6.07) is 3.23. The summed E-state index contributed by atoms with van der Waals surface area (Å²) in [6.45, 7) is 6.53. The van der Waals surface area contributed by atoms with E-state index < -0.39 is 17.2 Å². The molecule has 6 nitrogen and oxygen atoms in total. The van der Waals surface area contributed by atoms with Gasteiger partial charge in [-0.1, -0.05) is 12.7 Å². The molecule has 1 saturated heterocycles. The van der Waals surface area contributed by atoms with Crippen LogP contribution in [-0.2, 0) is 4.74 Å². The maximum absolute atomic E-state index is 14.8. The highest BCUT2D eigenvalue weighted by Crippen LogP contribution is 2.38. The van der Waals surface area contributed by atoms with Gasteiger partial charge in [0.05, 0.1) is 11.2 Å². The van der Waals surface area contributed by atoms with E-state index in [0.29, 0.717) is 24.3 Å². The Labute approximate surface area is 156 Å². The smallest absolute Gasteiger partial charge is 0.343 e. The number of benzene rings is 1. The van der Waals surface area contributed by atoms with E-state index in [1.807, 2.05) is 9.47 Å². The molecular formula is C20H22FN3O3. The zero-order chi connectivity index (χ0) is 19.0. The van der Waals surface area contributed by atoms with Crippen molar-refractivity contribution < 1.29 is 13.9 Å². The number of nitrogens with one attached hydrogen (secondary N) is 1. The van der Waals surface area contributed by atoms with Gasteiger partial charge in [0.15, 0.2) is 0 Å². The Morgan fingerprint density at radius 3 is 2.74 bits per heavy atom. The molecule has 0 radical (unpaired) electrons. The molecule has 142 valence electrons. The van der Waals surface area contributed by atoms with Gasteiger partial charge in [-0.05, 0) is 25.0 Å². The first-order chi connectivity index (χ1) is 13.1. The Morgan fingerprint density at radius 1 is 1.33 bits per heavy atom. The highest BCUT2D eigenvalue weighted by atomic mass is 19.1. The van der Waals surface area contributed by atoms with Crippen LogP contribution in [0.15, 0.2) is 35.8 Å². The number of hydrogen-bond acceptors (Lipinski definition) is 5. The minimum absolute atomic E-state index is 0.0238. The molecule has 1 saturated carbocycles. The number of nitrogens with zero attached hydrogens (tertiary/aromatic N) is 2. The second kappa shape index (κ2) is 7.15. The van der Waals surface area contributed by atoms with Gasteiger partial charge in [-0.3, -0.25) is 4.79 Å². The van der Waals surface area contributed by atoms with Crippen molar-refractivity contribution in [1.82, 2.24) is 9.88 Å². The average Bonchev–Trinajstić information content (AvgIpc) is 3.52. The Bertz CT molecular complexity index is 959. The van der Waals surface area contributed by atoms with Gasteiger partial charge in [0.1, 0.15) is 18.0 Å². The van der Waals surface area contributed by atoms with Crippen molar-refractivity contribution in [3.63, 3.8) is 0 Å². The summed E-state index contributed by atoms with van der Waals surface area (Å²) < 4.78 is 21.8. The number of ether oxygens (including phenoxy) is 1. The maximum atomic E-state index is 14.8. The number of esters is 1. The number of piperazine rings is 1. The van der Waals surface area contributed by atoms with Gasteiger partial charge in [0.2, 0.25) is 5.43 Å². The van der Waals surface area contributed by atoms with Crippen molar-refractivity contribution in [3.05, 3.63) is 52.6 Å². The first kappa shape index (κ1) is 17.7. The SMILES string of the molecule is C=CCOC(=O)c1cn(C2CC2)c2cc(N3CCNCC3)c(F)cc2c1=O. The molecule has 1 aromatic heterocycles. The molecular weight excluding hydrogens is 349 g/mol. The maximum Gasteiger partial charge on any atom is 0.343 e. The number of carbonyl (C=O) groups excluding carboxylic acids is 1. The minimum atomic E-state index is -0.706. The fraction of sp³-hybridized carbons (Fsp3) is 0.400. The van der Waals surface area contributed by atoms with Crippen LogP contribution < -0.4 is 15.6 Å². The highest BCUT2D eigenvalue weighted by Gasteiger charge is 2.28. The van der Waals surface area contributed by atoms with Crippen LogP contribution >= 0.6 is 0 Å². The molecule has 2 aliphatic rings. The molecule has 0 spiro atoms. The first-order valence-electron chi connectivity index (χ1n) is 9.22. The molecule has 1 aromatic carbocycles. The van der Waals surface area contributed by atoms with Gasteiger partial charge in [0, 0.05) is 43.8 Å². The molecule has 0 bridgehead atoms. The summed E-state index contributed by atoms with van der Waals surface area (Å²) in [5.41, 5.74) is 0.602. The summed E-state index contributed by atoms with van der Waals surface area (Å²) in [6.07, 6.45) is 4.95. The van der Waals surface area contributed by atoms with Crippen molar-refractivity contribution in [2.45, 2.75) is 18.9 Å². The van der Waals surface area contributed by atoms with E-state index in [1.165, 1.54) is 12.1 Å². The highest BCUT2D eigenvalue weighted by molar-refractivity contribution is 5.94. The van der Waals surface area contributed by atoms with E-state index >= 15 is 0 Å². The topological polar surface area (TPSA) is 63.6 Å². The number of carbonyl (C=O) groups is 1. The van der Waals surface area contributed by atoms with Crippen LogP contribution in [0, 0.1) is 5.82 Å². The lowest BCUT2D eigenvalue weighted by atomic mass is 10.1. The minimum Gasteiger partial charge on any atom is -0.458 e. The monoisotopic (exact) mass is 371 g/mol. The summed E-state index contributed by atoms with van der Waals surface area (Å²) >= 11 is 0. The molecule has 1 N–H and O–H groups in total. The van der Waals surface area contributed by atoms with Crippen LogP contribution in [0.4, 0.5) is 10.1 Å². The standard InChI is InChI=1S/C20H22FN3O3/c1-2-9-27-20(26)15-12-24(13-3-4-13)17-11-18(23-7-5-22-6-8-23)16(21)10-14(17)19(15)25/h2,10-13,22H,1,3-9H2. The normalized spacial score (nSPS) is 17.1. The van der Waals surface area contributed by atoms with Gasteiger partial charge in [-0.2, -0.15) is 0 Å². The van der Waals surface area contributed by atoms with E-state index in [0.717, 1.165) is 25.9 Å². The Balaban J connectivity index is 1.86. The number of fused-ring (bicyclic) bond motifs is 1. The number of rotatable bonds is 5. The van der Waals surface area contributed by atoms with E-state index in [9.17, 15) is 14.0 Å². The zero-order valence-electron chi connectivity index (χ0n) is 15.0. The van der Waals surface area contributed by atoms with Crippen molar-refractivity contribution in [2.24, 2.45) is 0 Å². The summed E-state index contributed by atoms with van der Waals surface area (Å²) in [5.74, 6) is -1.15. The van der Waals surface area contributed by atoms with Crippen LogP contribution in [0.1, 0.15) is 29.2 Å². The van der Waals surface area contributed by atoms with E-state index in [1.54, 1.807) is 12.3 Å². The van der Waals surface area contributed by atoms with E-state index in [4.69, 9.17) is 4.74 Å². The van der Waals surface area contributed by atoms with Gasteiger partial charge >= 0.3 is 5.97 Å². The molecule has 0 unspecified atom stereocenters. The van der Waals surface area contributed by atoms with Crippen LogP contribution in [0.2, 0.25) is 0 Å². The summed E-state index contributed by atoms with van der Waals surface area (Å²) in [4.78, 5) is 27.1. The molecule has 27 heavy (non-hydrogen) atoms. The molecule has 1 aliphatic carbocycles. The first-order valence-corrected chi connectivity index (χ1v) is 9.22. The average molecular weight is 371 g/mol. The molecule has 4 rings (SSSR count). The number of aromatic nitrogens is 1. The molecule has 0 amide bonds. The number of anilines is 1. The molecule has 1 aliphatic heterocycles. The fourth-order valence-corrected chi connectivity index (χ4v) is 3.52. The lowest BCUT2D eigenvalue weighted by Crippen LogP contribution is -2.43. The van der Waals surface area contributed by atoms with Crippen molar-refractivity contribution in [3.8, 4) is 0 Å². The van der Waals surface area contributed by atoms with E-state index in [2.05, 4.69) is 11.9 Å². The van der Waals surface area contributed by atoms with Crippen molar-refractivity contribution in [1.29, 1.82) is 0 Å². The van der Waals surface area contributed by atoms with Crippen molar-refractivity contribution in [2.75, 3.05) is 37.7 Å². The molecule has 2 heterocycles. The van der Waals surface area contributed by atoms with E-state index in [-0.39, 0.29) is 23.6 Å². The predicted molar refractivity (Wildman–Crippen MR) is 102 cm³/mol. The molecule has 2 aromatic rings. The van der Waals surface area contributed by atoms with Crippen LogP contribution in [0.3, 0.4) is 0 Å². The van der Waals surface area contributed by atoms with Gasteiger partial charge in [-0.25, -0.2) is 9.18 Å². The number of halogens is 1. The fourth-order valence-electron chi connectivity index (χ4n) is 3.52. The van der Waals surface area contributed by atoms with Gasteiger partial charge in [-0.15, -0.1) is 0 Å². The zero-order valence-corrected chi connectivity index (χ0v) is 15.0. The predicted octanol–water partition coefficient (Wildman–Crippen LogP) is 2.23. The summed E-state index contributed by atoms with van der Waals surface area (Å²) in [5, 5.41) is 3.46. The van der Waals surface area contributed by atoms with Gasteiger partial charge in [0.25, 0.3) is 0 Å². The third-order valence-electron chi connectivity index (χ3n) is 5.05. The quantitative estimate of drug-likeness (QED) is 0.645. The van der Waals surface area contributed by atoms with Crippen LogP contribution in [0.5, 0.6) is 0 Å². The number of pyridine rings is 1. The lowest BCUT2D eigenvalue weighted by Gasteiger charge is -2.30. The number of hydrogen-bond donors (Lipinski definition) is 1. The second-order valence-electron chi connectivity index (χ2n) is 6.96. The lowest BCUT2D eigenvalue weighted by molar-refractivity contribution is 0.0547. The second-order valence-corrected chi connectivity index (χ2v) is 6.96. The van der Waals surface area contributed by atoms with Gasteiger partial charge < -0.3 is 19.5 Å². The third kappa shape index (κ3) is 3.35. The Kier molecular flexibility index (Phi) is 4.70. The van der Waals surface area contributed by atoms with Crippen molar-refractivity contribution >= 4 is 22.6 Å². The largest absolute Gasteiger partial charge is 0.458 e.